The summed E-state index contributed by atoms with van der Waals surface area (Å²) >= 11 is 0. The maximum Gasteiger partial charge on any atom is 0.422 e. The summed E-state index contributed by atoms with van der Waals surface area (Å²) in [5.74, 6) is 0. The molecule has 0 saturated heterocycles. The van der Waals surface area contributed by atoms with Crippen LogP contribution in [0.3, 0.4) is 0 Å². The summed E-state index contributed by atoms with van der Waals surface area (Å²) in [5.41, 5.74) is 7.44. The molecule has 0 radical (unpaired) electrons. The molecule has 1 aromatic rings. The molecule has 0 unspecified atom stereocenters. The third-order valence-corrected chi connectivity index (χ3v) is 3.28. The first kappa shape index (κ1) is 16.1. The van der Waals surface area contributed by atoms with Crippen molar-refractivity contribution < 1.29 is 17.9 Å². The number of rotatable bonds is 5. The molecule has 0 aliphatic heterocycles. The lowest BCUT2D eigenvalue weighted by atomic mass is 10.1. The minimum absolute atomic E-state index is 0.268. The maximum absolute atomic E-state index is 11.7. The summed E-state index contributed by atoms with van der Waals surface area (Å²) in [5, 5.41) is 0. The van der Waals surface area contributed by atoms with Gasteiger partial charge in [0.25, 0.3) is 0 Å². The third kappa shape index (κ3) is 4.96. The van der Waals surface area contributed by atoms with Gasteiger partial charge in [-0.05, 0) is 38.0 Å². The molecule has 1 aromatic carbocycles. The summed E-state index contributed by atoms with van der Waals surface area (Å²) in [6.07, 6.45) is -0.701. The lowest BCUT2D eigenvalue weighted by molar-refractivity contribution is 0.121. The summed E-state index contributed by atoms with van der Waals surface area (Å²) in [7, 11) is -4.05. The number of nitrogens with two attached hydrogens (primary N) is 1. The number of carbonyl (C=O) groups excluding carboxylic acids is 1. The number of carbonyl (C=O) groups is 1. The second-order valence-electron chi connectivity index (χ2n) is 4.43. The Kier molecular flexibility index (Phi) is 5.20. The number of nitrogens with one attached hydrogen (secondary N) is 2. The van der Waals surface area contributed by atoms with Crippen molar-refractivity contribution in [3.05, 3.63) is 23.8 Å². The van der Waals surface area contributed by atoms with Crippen molar-refractivity contribution in [3.63, 3.8) is 0 Å². The second-order valence-corrected chi connectivity index (χ2v) is 5.84. The highest BCUT2D eigenvalue weighted by Crippen LogP contribution is 2.19. The zero-order chi connectivity index (χ0) is 15.3. The molecule has 0 aliphatic carbocycles. The molecule has 112 valence electrons. The Bertz CT molecular complexity index is 584. The summed E-state index contributed by atoms with van der Waals surface area (Å²) in [6, 6.07) is 4.79. The summed E-state index contributed by atoms with van der Waals surface area (Å²) in [6.45, 7) is 5.17. The van der Waals surface area contributed by atoms with E-state index in [1.54, 1.807) is 30.7 Å². The molecular formula is C12H19N3O4S. The van der Waals surface area contributed by atoms with Crippen LogP contribution in [-0.4, -0.2) is 20.6 Å². The van der Waals surface area contributed by atoms with Gasteiger partial charge in [0.15, 0.2) is 0 Å². The topological polar surface area (TPSA) is 111 Å². The van der Waals surface area contributed by atoms with Crippen LogP contribution in [0.1, 0.15) is 26.3 Å². The molecule has 0 fully saturated rings. The molecule has 7 nitrogen and oxygen atoms in total. The van der Waals surface area contributed by atoms with Gasteiger partial charge in [0.05, 0.1) is 11.8 Å². The molecular weight excluding hydrogens is 282 g/mol. The number of hydrogen-bond donors (Lipinski definition) is 3. The van der Waals surface area contributed by atoms with Crippen LogP contribution in [0, 0.1) is 0 Å². The van der Waals surface area contributed by atoms with Crippen molar-refractivity contribution in [2.45, 2.75) is 33.3 Å². The first-order valence-corrected chi connectivity index (χ1v) is 7.61. The average molecular weight is 301 g/mol. The van der Waals surface area contributed by atoms with Gasteiger partial charge in [-0.15, -0.1) is 0 Å². The van der Waals surface area contributed by atoms with E-state index >= 15 is 0 Å². The molecule has 0 atom stereocenters. The Labute approximate surface area is 118 Å². The summed E-state index contributed by atoms with van der Waals surface area (Å²) in [4.78, 5) is 11.2. The molecule has 0 saturated carbocycles. The van der Waals surface area contributed by atoms with E-state index in [2.05, 4.69) is 4.72 Å². The van der Waals surface area contributed by atoms with Gasteiger partial charge < -0.3 is 10.5 Å². The normalized spacial score (nSPS) is 11.2. The van der Waals surface area contributed by atoms with Crippen LogP contribution in [0.15, 0.2) is 18.2 Å². The number of ether oxygens (including phenoxy) is 1. The van der Waals surface area contributed by atoms with Gasteiger partial charge in [0, 0.05) is 5.69 Å². The largest absolute Gasteiger partial charge is 0.446 e. The maximum atomic E-state index is 11.7. The molecule has 0 bridgehead atoms. The van der Waals surface area contributed by atoms with E-state index in [0.29, 0.717) is 5.69 Å². The fraction of sp³-hybridized carbons (Fsp3) is 0.417. The van der Waals surface area contributed by atoms with Gasteiger partial charge in [-0.2, -0.15) is 8.42 Å². The van der Waals surface area contributed by atoms with E-state index in [1.165, 1.54) is 6.07 Å². The lowest BCUT2D eigenvalue weighted by Crippen LogP contribution is -2.36. The highest BCUT2D eigenvalue weighted by atomic mass is 32.2. The Morgan fingerprint density at radius 1 is 1.40 bits per heavy atom. The minimum Gasteiger partial charge on any atom is -0.446 e. The molecule has 0 spiro atoms. The average Bonchev–Trinajstić information content (AvgIpc) is 2.26. The first-order chi connectivity index (χ1) is 9.23. The van der Waals surface area contributed by atoms with Crippen molar-refractivity contribution in [3.8, 4) is 0 Å². The lowest BCUT2D eigenvalue weighted by Gasteiger charge is -2.12. The van der Waals surface area contributed by atoms with E-state index in [0.717, 1.165) is 12.0 Å². The van der Waals surface area contributed by atoms with Crippen LogP contribution in [0.25, 0.3) is 0 Å². The third-order valence-electron chi connectivity index (χ3n) is 2.34. The van der Waals surface area contributed by atoms with Gasteiger partial charge >= 0.3 is 16.3 Å². The zero-order valence-corrected chi connectivity index (χ0v) is 12.5. The van der Waals surface area contributed by atoms with E-state index in [-0.39, 0.29) is 5.69 Å². The Morgan fingerprint density at radius 3 is 2.55 bits per heavy atom. The molecule has 20 heavy (non-hydrogen) atoms. The zero-order valence-electron chi connectivity index (χ0n) is 11.6. The quantitative estimate of drug-likeness (QED) is 0.716. The van der Waals surface area contributed by atoms with Gasteiger partial charge in [-0.3, -0.25) is 4.72 Å². The highest BCUT2D eigenvalue weighted by Gasteiger charge is 2.16. The van der Waals surface area contributed by atoms with Gasteiger partial charge in [-0.1, -0.05) is 13.0 Å². The number of nitrogen functional groups attached to an aromatic ring is 1. The molecule has 0 heterocycles. The Hall–Kier alpha value is -1.96. The van der Waals surface area contributed by atoms with Crippen LogP contribution in [-0.2, 0) is 21.4 Å². The predicted molar refractivity (Wildman–Crippen MR) is 77.5 cm³/mol. The summed E-state index contributed by atoms with van der Waals surface area (Å²) < 4.78 is 32.0. The number of anilines is 2. The fourth-order valence-corrected chi connectivity index (χ4v) is 2.26. The molecule has 0 aliphatic rings. The van der Waals surface area contributed by atoms with E-state index in [9.17, 15) is 13.2 Å². The molecule has 1 amide bonds. The monoisotopic (exact) mass is 301 g/mol. The molecule has 4 N–H and O–H groups in total. The van der Waals surface area contributed by atoms with Crippen LogP contribution < -0.4 is 15.2 Å². The Balaban J connectivity index is 2.76. The van der Waals surface area contributed by atoms with Crippen LogP contribution in [0.2, 0.25) is 0 Å². The van der Waals surface area contributed by atoms with Gasteiger partial charge in [0.1, 0.15) is 0 Å². The first-order valence-electron chi connectivity index (χ1n) is 6.13. The molecule has 0 aromatic heterocycles. The van der Waals surface area contributed by atoms with Crippen molar-refractivity contribution in [2.24, 2.45) is 0 Å². The van der Waals surface area contributed by atoms with Gasteiger partial charge in [-0.25, -0.2) is 9.52 Å². The van der Waals surface area contributed by atoms with Crippen molar-refractivity contribution in [1.29, 1.82) is 0 Å². The fourth-order valence-electron chi connectivity index (χ4n) is 1.51. The standard InChI is InChI=1S/C12H19N3O4S/c1-4-9-5-6-10(7-11(9)13)14-20(17,18)15-12(16)19-8(2)3/h5-8,14H,4,13H2,1-3H3,(H,15,16). The smallest absolute Gasteiger partial charge is 0.422 e. The number of hydrogen-bond acceptors (Lipinski definition) is 5. The molecule has 1 rings (SSSR count). The number of amides is 1. The van der Waals surface area contributed by atoms with Crippen molar-refractivity contribution >= 4 is 27.7 Å². The second kappa shape index (κ2) is 6.47. The SMILES string of the molecule is CCc1ccc(NS(=O)(=O)NC(=O)OC(C)C)cc1N. The van der Waals surface area contributed by atoms with E-state index < -0.39 is 22.4 Å². The van der Waals surface area contributed by atoms with Crippen molar-refractivity contribution in [2.75, 3.05) is 10.5 Å². The molecule has 8 heteroatoms. The van der Waals surface area contributed by atoms with Crippen LogP contribution >= 0.6 is 0 Å². The van der Waals surface area contributed by atoms with E-state index in [1.807, 2.05) is 6.92 Å². The Morgan fingerprint density at radius 2 is 2.05 bits per heavy atom. The number of benzene rings is 1. The van der Waals surface area contributed by atoms with Gasteiger partial charge in [0.2, 0.25) is 0 Å². The van der Waals surface area contributed by atoms with E-state index in [4.69, 9.17) is 10.5 Å². The predicted octanol–water partition coefficient (Wildman–Crippen LogP) is 1.62. The van der Waals surface area contributed by atoms with Crippen molar-refractivity contribution in [1.82, 2.24) is 4.72 Å². The minimum atomic E-state index is -4.05. The highest BCUT2D eigenvalue weighted by molar-refractivity contribution is 7.91. The van der Waals surface area contributed by atoms with Crippen LogP contribution in [0.5, 0.6) is 0 Å². The van der Waals surface area contributed by atoms with Crippen LogP contribution in [0.4, 0.5) is 16.2 Å². The number of aryl methyl sites for hydroxylation is 1.